The fourth-order valence-corrected chi connectivity index (χ4v) is 2.02. The summed E-state index contributed by atoms with van der Waals surface area (Å²) >= 11 is 5.93. The molecule has 1 aliphatic rings. The molecule has 0 spiro atoms. The third-order valence-electron chi connectivity index (χ3n) is 2.80. The van der Waals surface area contributed by atoms with Crippen molar-refractivity contribution >= 4 is 17.4 Å². The Labute approximate surface area is 101 Å². The van der Waals surface area contributed by atoms with Crippen LogP contribution in [0.3, 0.4) is 0 Å². The van der Waals surface area contributed by atoms with Gasteiger partial charge in [0.1, 0.15) is 5.82 Å². The molecule has 0 radical (unpaired) electrons. The van der Waals surface area contributed by atoms with Crippen LogP contribution in [0.5, 0.6) is 0 Å². The predicted molar refractivity (Wildman–Crippen MR) is 65.8 cm³/mol. The van der Waals surface area contributed by atoms with Crippen LogP contribution in [0.4, 0.5) is 5.82 Å². The minimum atomic E-state index is -0.0999. The monoisotopic (exact) mass is 240 g/mol. The summed E-state index contributed by atoms with van der Waals surface area (Å²) in [6.07, 6.45) is 3.60. The van der Waals surface area contributed by atoms with E-state index >= 15 is 0 Å². The summed E-state index contributed by atoms with van der Waals surface area (Å²) in [4.78, 5) is 6.73. The van der Waals surface area contributed by atoms with Gasteiger partial charge in [0.25, 0.3) is 0 Å². The van der Waals surface area contributed by atoms with Gasteiger partial charge in [-0.1, -0.05) is 18.5 Å². The maximum atomic E-state index is 9.14. The Hall–Kier alpha value is -0.800. The van der Waals surface area contributed by atoms with E-state index in [1.165, 1.54) is 12.8 Å². The number of hydrogen-bond donors (Lipinski definition) is 1. The number of aromatic nitrogens is 1. The lowest BCUT2D eigenvalue weighted by Gasteiger charge is -2.23. The van der Waals surface area contributed by atoms with Crippen LogP contribution in [-0.2, 0) is 6.61 Å². The Bertz CT molecular complexity index is 366. The molecular formula is C12H17ClN2O. The molecule has 0 aliphatic heterocycles. The number of anilines is 1. The number of pyridine rings is 1. The van der Waals surface area contributed by atoms with Crippen molar-refractivity contribution in [3.8, 4) is 0 Å². The Balaban J connectivity index is 2.23. The third kappa shape index (κ3) is 2.47. The van der Waals surface area contributed by atoms with Gasteiger partial charge in [-0.05, 0) is 31.4 Å². The number of aliphatic hydroxyl groups is 1. The van der Waals surface area contributed by atoms with Gasteiger partial charge in [0.05, 0.1) is 17.3 Å². The quantitative estimate of drug-likeness (QED) is 0.860. The normalized spacial score (nSPS) is 15.2. The molecule has 1 N–H and O–H groups in total. The van der Waals surface area contributed by atoms with Gasteiger partial charge in [-0.15, -0.1) is 0 Å². The zero-order valence-electron chi connectivity index (χ0n) is 9.49. The number of hydrogen-bond acceptors (Lipinski definition) is 3. The molecule has 88 valence electrons. The number of aliphatic hydroxyl groups excluding tert-OH is 1. The number of rotatable bonds is 5. The van der Waals surface area contributed by atoms with Crippen molar-refractivity contribution < 1.29 is 5.11 Å². The highest BCUT2D eigenvalue weighted by atomic mass is 35.5. The van der Waals surface area contributed by atoms with Crippen LogP contribution in [0.25, 0.3) is 0 Å². The Kier molecular flexibility index (Phi) is 3.66. The Morgan fingerprint density at radius 2 is 2.25 bits per heavy atom. The smallest absolute Gasteiger partial charge is 0.129 e. The van der Waals surface area contributed by atoms with Gasteiger partial charge in [0.2, 0.25) is 0 Å². The fraction of sp³-hybridized carbons (Fsp3) is 0.583. The fourth-order valence-electron chi connectivity index (χ4n) is 1.85. The lowest BCUT2D eigenvalue weighted by molar-refractivity contribution is 0.277. The van der Waals surface area contributed by atoms with Crippen LogP contribution in [-0.4, -0.2) is 22.7 Å². The standard InChI is InChI=1S/C12H17ClN2O/c1-2-7-15(9-3-4-9)12-6-5-10(13)11(8-16)14-12/h5-6,9,16H,2-4,7-8H2,1H3. The summed E-state index contributed by atoms with van der Waals surface area (Å²) < 4.78 is 0. The van der Waals surface area contributed by atoms with Crippen molar-refractivity contribution in [3.63, 3.8) is 0 Å². The molecule has 2 rings (SSSR count). The van der Waals surface area contributed by atoms with E-state index in [4.69, 9.17) is 16.7 Å². The zero-order valence-corrected chi connectivity index (χ0v) is 10.2. The molecule has 0 unspecified atom stereocenters. The van der Waals surface area contributed by atoms with Gasteiger partial charge in [-0.25, -0.2) is 4.98 Å². The van der Waals surface area contributed by atoms with E-state index in [0.29, 0.717) is 16.8 Å². The zero-order chi connectivity index (χ0) is 11.5. The van der Waals surface area contributed by atoms with Crippen LogP contribution in [0.15, 0.2) is 12.1 Å². The molecule has 16 heavy (non-hydrogen) atoms. The van der Waals surface area contributed by atoms with Crippen molar-refractivity contribution in [1.82, 2.24) is 4.98 Å². The highest BCUT2D eigenvalue weighted by molar-refractivity contribution is 6.31. The van der Waals surface area contributed by atoms with Crippen molar-refractivity contribution in [2.45, 2.75) is 38.8 Å². The van der Waals surface area contributed by atoms with Crippen LogP contribution < -0.4 is 4.90 Å². The third-order valence-corrected chi connectivity index (χ3v) is 3.14. The molecule has 1 fully saturated rings. The first-order chi connectivity index (χ1) is 7.76. The first kappa shape index (κ1) is 11.7. The highest BCUT2D eigenvalue weighted by Gasteiger charge is 2.29. The Morgan fingerprint density at radius 3 is 2.81 bits per heavy atom. The van der Waals surface area contributed by atoms with Gasteiger partial charge < -0.3 is 10.0 Å². The predicted octanol–water partition coefficient (Wildman–Crippen LogP) is 2.61. The summed E-state index contributed by atoms with van der Waals surface area (Å²) in [7, 11) is 0. The second-order valence-corrected chi connectivity index (χ2v) is 4.59. The largest absolute Gasteiger partial charge is 0.390 e. The average molecular weight is 241 g/mol. The van der Waals surface area contributed by atoms with Crippen molar-refractivity contribution in [2.75, 3.05) is 11.4 Å². The second kappa shape index (κ2) is 5.02. The van der Waals surface area contributed by atoms with Crippen molar-refractivity contribution in [1.29, 1.82) is 0 Å². The lowest BCUT2D eigenvalue weighted by atomic mass is 10.3. The van der Waals surface area contributed by atoms with Gasteiger partial charge in [-0.2, -0.15) is 0 Å². The summed E-state index contributed by atoms with van der Waals surface area (Å²) in [5.74, 6) is 0.942. The number of nitrogens with zero attached hydrogens (tertiary/aromatic N) is 2. The van der Waals surface area contributed by atoms with Crippen LogP contribution in [0.2, 0.25) is 5.02 Å². The molecule has 0 bridgehead atoms. The lowest BCUT2D eigenvalue weighted by Crippen LogP contribution is -2.27. The molecule has 1 heterocycles. The summed E-state index contributed by atoms with van der Waals surface area (Å²) in [6.45, 7) is 3.08. The van der Waals surface area contributed by atoms with E-state index in [9.17, 15) is 0 Å². The van der Waals surface area contributed by atoms with Gasteiger partial charge >= 0.3 is 0 Å². The van der Waals surface area contributed by atoms with E-state index < -0.39 is 0 Å². The topological polar surface area (TPSA) is 36.4 Å². The van der Waals surface area contributed by atoms with E-state index in [-0.39, 0.29) is 6.61 Å². The Morgan fingerprint density at radius 1 is 1.50 bits per heavy atom. The summed E-state index contributed by atoms with van der Waals surface area (Å²) in [6, 6.07) is 4.40. The molecule has 0 amide bonds. The summed E-state index contributed by atoms with van der Waals surface area (Å²) in [5, 5.41) is 9.68. The molecule has 4 heteroatoms. The molecule has 0 aromatic carbocycles. The maximum Gasteiger partial charge on any atom is 0.129 e. The molecule has 0 saturated heterocycles. The molecule has 1 aromatic rings. The summed E-state index contributed by atoms with van der Waals surface area (Å²) in [5.41, 5.74) is 0.570. The van der Waals surface area contributed by atoms with E-state index in [0.717, 1.165) is 18.8 Å². The van der Waals surface area contributed by atoms with Gasteiger partial charge in [0, 0.05) is 12.6 Å². The van der Waals surface area contributed by atoms with Gasteiger partial charge in [0.15, 0.2) is 0 Å². The second-order valence-electron chi connectivity index (χ2n) is 4.18. The van der Waals surface area contributed by atoms with Crippen LogP contribution in [0.1, 0.15) is 31.9 Å². The first-order valence-electron chi connectivity index (χ1n) is 5.79. The van der Waals surface area contributed by atoms with E-state index in [1.54, 1.807) is 0 Å². The van der Waals surface area contributed by atoms with Crippen molar-refractivity contribution in [3.05, 3.63) is 22.8 Å². The minimum absolute atomic E-state index is 0.0999. The molecule has 1 aromatic heterocycles. The van der Waals surface area contributed by atoms with Crippen molar-refractivity contribution in [2.24, 2.45) is 0 Å². The van der Waals surface area contributed by atoms with Crippen LogP contribution in [0, 0.1) is 0 Å². The average Bonchev–Trinajstić information content (AvgIpc) is 3.11. The molecule has 1 saturated carbocycles. The van der Waals surface area contributed by atoms with E-state index in [1.807, 2.05) is 12.1 Å². The molecular weight excluding hydrogens is 224 g/mol. The molecule has 3 nitrogen and oxygen atoms in total. The maximum absolute atomic E-state index is 9.14. The van der Waals surface area contributed by atoms with Gasteiger partial charge in [-0.3, -0.25) is 0 Å². The minimum Gasteiger partial charge on any atom is -0.390 e. The van der Waals surface area contributed by atoms with E-state index in [2.05, 4.69) is 16.8 Å². The number of halogens is 1. The van der Waals surface area contributed by atoms with Crippen LogP contribution >= 0.6 is 11.6 Å². The molecule has 0 atom stereocenters. The SMILES string of the molecule is CCCN(c1ccc(Cl)c(CO)n1)C1CC1. The first-order valence-corrected chi connectivity index (χ1v) is 6.17. The highest BCUT2D eigenvalue weighted by Crippen LogP contribution is 2.31. The molecule has 1 aliphatic carbocycles.